The molecule has 3 heteroatoms. The lowest BCUT2D eigenvalue weighted by Gasteiger charge is -2.26. The van der Waals surface area contributed by atoms with E-state index in [9.17, 15) is 0 Å². The second kappa shape index (κ2) is 10.1. The molecular weight excluding hydrogens is 637 g/mol. The van der Waals surface area contributed by atoms with Crippen LogP contribution in [0.2, 0.25) is 0 Å². The highest BCUT2D eigenvalue weighted by molar-refractivity contribution is 7.25. The molecule has 0 amide bonds. The summed E-state index contributed by atoms with van der Waals surface area (Å²) < 4.78 is 5.09. The number of fused-ring (bicyclic) bond motifs is 15. The van der Waals surface area contributed by atoms with Gasteiger partial charge >= 0.3 is 0 Å². The molecule has 0 saturated heterocycles. The Bertz CT molecular complexity index is 3350. The molecule has 0 aliphatic carbocycles. The predicted octanol–water partition coefficient (Wildman–Crippen LogP) is 14.1. The molecule has 3 aromatic heterocycles. The van der Waals surface area contributed by atoms with Gasteiger partial charge in [-0.05, 0) is 93.0 Å². The summed E-state index contributed by atoms with van der Waals surface area (Å²) in [5.74, 6) is 0. The summed E-state index contributed by atoms with van der Waals surface area (Å²) in [6.45, 7) is 0. The Hall–Kier alpha value is -6.42. The molecule has 3 heterocycles. The van der Waals surface area contributed by atoms with Crippen molar-refractivity contribution in [3.63, 3.8) is 0 Å². The average molecular weight is 665 g/mol. The van der Waals surface area contributed by atoms with Gasteiger partial charge < -0.3 is 9.30 Å². The van der Waals surface area contributed by atoms with Crippen molar-refractivity contribution < 1.29 is 0 Å². The van der Waals surface area contributed by atoms with E-state index in [2.05, 4.69) is 179 Å². The lowest BCUT2D eigenvalue weighted by atomic mass is 9.94. The molecule has 0 aliphatic heterocycles. The van der Waals surface area contributed by atoms with Crippen molar-refractivity contribution in [2.24, 2.45) is 0 Å². The van der Waals surface area contributed by atoms with Crippen LogP contribution in [-0.2, 0) is 0 Å². The Morgan fingerprint density at radius 1 is 0.314 bits per heavy atom. The fraction of sp³-hybridized carbons (Fsp3) is 0. The minimum absolute atomic E-state index is 1.14. The largest absolute Gasteiger partial charge is 0.310 e. The maximum absolute atomic E-state index is 2.46. The highest BCUT2D eigenvalue weighted by atomic mass is 32.1. The molecule has 0 fully saturated rings. The van der Waals surface area contributed by atoms with Gasteiger partial charge in [0.2, 0.25) is 0 Å². The lowest BCUT2D eigenvalue weighted by Crippen LogP contribution is -2.10. The van der Waals surface area contributed by atoms with Crippen LogP contribution in [-0.4, -0.2) is 4.40 Å². The summed E-state index contributed by atoms with van der Waals surface area (Å²) in [6, 6.07) is 63.1. The maximum Gasteiger partial charge on any atom is 0.0620 e. The van der Waals surface area contributed by atoms with Crippen LogP contribution in [0.5, 0.6) is 0 Å². The van der Waals surface area contributed by atoms with Gasteiger partial charge in [0.15, 0.2) is 0 Å². The molecule has 12 rings (SSSR count). The first-order valence-electron chi connectivity index (χ1n) is 17.5. The summed E-state index contributed by atoms with van der Waals surface area (Å²) in [7, 11) is 0. The fourth-order valence-corrected chi connectivity index (χ4v) is 9.98. The highest BCUT2D eigenvalue weighted by Gasteiger charge is 2.21. The van der Waals surface area contributed by atoms with Crippen LogP contribution in [0.25, 0.3) is 90.6 Å². The van der Waals surface area contributed by atoms with E-state index in [1.807, 2.05) is 11.3 Å². The van der Waals surface area contributed by atoms with E-state index in [0.29, 0.717) is 0 Å². The summed E-state index contributed by atoms with van der Waals surface area (Å²) in [5, 5.41) is 15.5. The fourth-order valence-electron chi connectivity index (χ4n) is 8.90. The summed E-state index contributed by atoms with van der Waals surface area (Å²) in [5.41, 5.74) is 7.23. The third-order valence-electron chi connectivity index (χ3n) is 11.1. The molecule has 236 valence electrons. The van der Waals surface area contributed by atoms with Crippen LogP contribution in [0.15, 0.2) is 170 Å². The molecule has 0 bridgehead atoms. The quantitative estimate of drug-likeness (QED) is 0.171. The second-order valence-electron chi connectivity index (χ2n) is 13.7. The molecular formula is C48H28N2S. The number of nitrogens with zero attached hydrogens (tertiary/aromatic N) is 2. The zero-order valence-corrected chi connectivity index (χ0v) is 28.3. The van der Waals surface area contributed by atoms with E-state index in [1.54, 1.807) is 0 Å². The van der Waals surface area contributed by atoms with E-state index < -0.39 is 0 Å². The number of hydrogen-bond donors (Lipinski definition) is 0. The van der Waals surface area contributed by atoms with E-state index in [1.165, 1.54) is 90.6 Å². The predicted molar refractivity (Wildman–Crippen MR) is 221 cm³/mol. The van der Waals surface area contributed by atoms with Crippen LogP contribution in [0, 0.1) is 0 Å². The Morgan fingerprint density at radius 2 is 0.784 bits per heavy atom. The third-order valence-corrected chi connectivity index (χ3v) is 12.2. The van der Waals surface area contributed by atoms with Gasteiger partial charge in [0, 0.05) is 58.8 Å². The minimum atomic E-state index is 1.14. The standard InChI is InChI=1S/C48H28N2S/c1-2-12-34-32(10-1)33-11-3-4-13-35(33)41-26-29(20-23-36(34)41)49(31-22-25-47-43(28-31)38-15-6-8-19-46(38)51-47)30-21-24-45-42(27-30)40-17-9-16-39-37-14-5-7-18-44(37)50(45)48(39)40/h1-28H. The lowest BCUT2D eigenvalue weighted by molar-refractivity contribution is 1.30. The number of benzene rings is 9. The first-order valence-corrected chi connectivity index (χ1v) is 18.3. The molecule has 9 aromatic carbocycles. The number of aromatic nitrogens is 1. The van der Waals surface area contributed by atoms with Crippen LogP contribution < -0.4 is 4.90 Å². The topological polar surface area (TPSA) is 7.65 Å². The molecule has 51 heavy (non-hydrogen) atoms. The van der Waals surface area contributed by atoms with Gasteiger partial charge in [-0.25, -0.2) is 0 Å². The molecule has 2 nitrogen and oxygen atoms in total. The third kappa shape index (κ3) is 3.71. The van der Waals surface area contributed by atoms with Gasteiger partial charge in [0.1, 0.15) is 0 Å². The van der Waals surface area contributed by atoms with Crippen molar-refractivity contribution in [3.8, 4) is 0 Å². The van der Waals surface area contributed by atoms with Gasteiger partial charge in [0.25, 0.3) is 0 Å². The SMILES string of the molecule is c1ccc2c(c1)sc1ccc(N(c3ccc4c5ccccc5c5ccccc5c4c3)c3ccc4c(c3)c3cccc5c6ccccc6n4c53)cc12. The van der Waals surface area contributed by atoms with Gasteiger partial charge in [-0.1, -0.05) is 109 Å². The Balaban J connectivity index is 1.16. The summed E-state index contributed by atoms with van der Waals surface area (Å²) in [4.78, 5) is 2.46. The zero-order valence-electron chi connectivity index (χ0n) is 27.5. The summed E-state index contributed by atoms with van der Waals surface area (Å²) in [6.07, 6.45) is 0. The Morgan fingerprint density at radius 3 is 1.53 bits per heavy atom. The monoisotopic (exact) mass is 664 g/mol. The first-order chi connectivity index (χ1) is 25.3. The Labute approximate surface area is 296 Å². The van der Waals surface area contributed by atoms with E-state index in [0.717, 1.165) is 17.1 Å². The summed E-state index contributed by atoms with van der Waals surface area (Å²) >= 11 is 1.87. The van der Waals surface area contributed by atoms with E-state index in [-0.39, 0.29) is 0 Å². The minimum Gasteiger partial charge on any atom is -0.310 e. The second-order valence-corrected chi connectivity index (χ2v) is 14.8. The van der Waals surface area contributed by atoms with Crippen molar-refractivity contribution in [2.75, 3.05) is 4.90 Å². The van der Waals surface area contributed by atoms with Crippen molar-refractivity contribution in [1.82, 2.24) is 4.40 Å². The van der Waals surface area contributed by atoms with Crippen molar-refractivity contribution in [3.05, 3.63) is 170 Å². The smallest absolute Gasteiger partial charge is 0.0620 e. The molecule has 0 aliphatic rings. The van der Waals surface area contributed by atoms with Gasteiger partial charge in [-0.3, -0.25) is 0 Å². The van der Waals surface area contributed by atoms with Crippen molar-refractivity contribution in [2.45, 2.75) is 0 Å². The highest BCUT2D eigenvalue weighted by Crippen LogP contribution is 2.46. The van der Waals surface area contributed by atoms with Crippen molar-refractivity contribution in [1.29, 1.82) is 0 Å². The zero-order chi connectivity index (χ0) is 33.2. The molecule has 0 saturated carbocycles. The van der Waals surface area contributed by atoms with Crippen LogP contribution in [0.3, 0.4) is 0 Å². The number of hydrogen-bond acceptors (Lipinski definition) is 2. The average Bonchev–Trinajstić information content (AvgIpc) is 3.85. The number of rotatable bonds is 3. The van der Waals surface area contributed by atoms with Crippen molar-refractivity contribution >= 4 is 119 Å². The van der Waals surface area contributed by atoms with Crippen LogP contribution in [0.1, 0.15) is 0 Å². The molecule has 0 atom stereocenters. The first kappa shape index (κ1) is 27.4. The van der Waals surface area contributed by atoms with E-state index in [4.69, 9.17) is 0 Å². The molecule has 0 N–H and O–H groups in total. The molecule has 12 aromatic rings. The Kier molecular flexibility index (Phi) is 5.41. The van der Waals surface area contributed by atoms with Crippen LogP contribution in [0.4, 0.5) is 17.1 Å². The molecule has 0 spiro atoms. The van der Waals surface area contributed by atoms with E-state index >= 15 is 0 Å². The molecule has 0 unspecified atom stereocenters. The van der Waals surface area contributed by atoms with Gasteiger partial charge in [-0.15, -0.1) is 11.3 Å². The van der Waals surface area contributed by atoms with Gasteiger partial charge in [-0.2, -0.15) is 0 Å². The number of para-hydroxylation sites is 2. The number of anilines is 3. The normalized spacial score (nSPS) is 12.3. The van der Waals surface area contributed by atoms with Gasteiger partial charge in [0.05, 0.1) is 16.6 Å². The van der Waals surface area contributed by atoms with Crippen LogP contribution >= 0.6 is 11.3 Å². The maximum atomic E-state index is 2.46. The molecule has 0 radical (unpaired) electrons. The number of thiophene rings is 1.